The van der Waals surface area contributed by atoms with E-state index in [-0.39, 0.29) is 10.7 Å². The second kappa shape index (κ2) is 5.21. The molecule has 1 aliphatic heterocycles. The molecule has 2 aromatic rings. The van der Waals surface area contributed by atoms with Crippen LogP contribution < -0.4 is 5.32 Å². The number of hydrogen-bond acceptors (Lipinski definition) is 3. The molecule has 1 aliphatic rings. The third-order valence-electron chi connectivity index (χ3n) is 3.27. The monoisotopic (exact) mass is 327 g/mol. The minimum atomic E-state index is -4.46. The molecule has 1 atom stereocenters. The van der Waals surface area contributed by atoms with Gasteiger partial charge in [0.25, 0.3) is 0 Å². The fourth-order valence-corrected chi connectivity index (χ4v) is 2.44. The summed E-state index contributed by atoms with van der Waals surface area (Å²) in [5.41, 5.74) is 0.447. The van der Waals surface area contributed by atoms with E-state index >= 15 is 0 Å². The van der Waals surface area contributed by atoms with Gasteiger partial charge in [0.2, 0.25) is 6.23 Å². The third kappa shape index (κ3) is 2.62. The van der Waals surface area contributed by atoms with Crippen molar-refractivity contribution in [3.63, 3.8) is 0 Å². The van der Waals surface area contributed by atoms with Crippen LogP contribution in [0.4, 0.5) is 18.9 Å². The van der Waals surface area contributed by atoms with E-state index in [2.05, 4.69) is 5.32 Å². The van der Waals surface area contributed by atoms with Crippen molar-refractivity contribution in [2.24, 2.45) is 0 Å². The topological polar surface area (TPSA) is 38.3 Å². The number of carbonyl (C=O) groups excluding carboxylic acids is 1. The molecule has 0 saturated carbocycles. The van der Waals surface area contributed by atoms with Crippen molar-refractivity contribution in [3.8, 4) is 0 Å². The summed E-state index contributed by atoms with van der Waals surface area (Å²) >= 11 is 5.87. The van der Waals surface area contributed by atoms with Crippen LogP contribution >= 0.6 is 11.6 Å². The summed E-state index contributed by atoms with van der Waals surface area (Å²) in [7, 11) is 0. The highest BCUT2D eigenvalue weighted by molar-refractivity contribution is 6.33. The zero-order valence-corrected chi connectivity index (χ0v) is 11.7. The fraction of sp³-hybridized carbons (Fsp3) is 0.133. The number of nitrogens with one attached hydrogen (secondary N) is 1. The molecule has 0 saturated heterocycles. The Labute approximate surface area is 128 Å². The molecule has 0 bridgehead atoms. The zero-order chi connectivity index (χ0) is 15.9. The molecule has 22 heavy (non-hydrogen) atoms. The first-order valence-corrected chi connectivity index (χ1v) is 6.67. The van der Waals surface area contributed by atoms with Gasteiger partial charge in [0, 0.05) is 5.56 Å². The molecular weight excluding hydrogens is 319 g/mol. The van der Waals surface area contributed by atoms with Crippen molar-refractivity contribution in [1.82, 2.24) is 0 Å². The summed E-state index contributed by atoms with van der Waals surface area (Å²) in [6.45, 7) is 0. The van der Waals surface area contributed by atoms with Crippen molar-refractivity contribution in [1.29, 1.82) is 0 Å². The highest BCUT2D eigenvalue weighted by Crippen LogP contribution is 2.37. The van der Waals surface area contributed by atoms with E-state index in [1.807, 2.05) is 0 Å². The highest BCUT2D eigenvalue weighted by Gasteiger charge is 2.33. The smallest absolute Gasteiger partial charge is 0.416 e. The predicted octanol–water partition coefficient (Wildman–Crippen LogP) is 4.64. The third-order valence-corrected chi connectivity index (χ3v) is 3.58. The Hall–Kier alpha value is -2.21. The lowest BCUT2D eigenvalue weighted by atomic mass is 10.1. The lowest BCUT2D eigenvalue weighted by Crippen LogP contribution is -2.11. The molecule has 2 aromatic carbocycles. The number of esters is 1. The second-order valence-electron chi connectivity index (χ2n) is 4.71. The summed E-state index contributed by atoms with van der Waals surface area (Å²) in [6.07, 6.45) is -5.24. The number of hydrogen-bond donors (Lipinski definition) is 1. The Balaban J connectivity index is 1.88. The van der Waals surface area contributed by atoms with Gasteiger partial charge < -0.3 is 10.1 Å². The van der Waals surface area contributed by atoms with Crippen LogP contribution in [-0.4, -0.2) is 5.97 Å². The molecule has 3 nitrogen and oxygen atoms in total. The molecule has 1 heterocycles. The molecule has 114 valence electrons. The van der Waals surface area contributed by atoms with E-state index in [1.54, 1.807) is 24.3 Å². The molecule has 1 N–H and O–H groups in total. The van der Waals surface area contributed by atoms with Gasteiger partial charge in [0.1, 0.15) is 0 Å². The maximum atomic E-state index is 12.6. The number of cyclic esters (lactones) is 1. The summed E-state index contributed by atoms with van der Waals surface area (Å²) in [6, 6.07) is 9.71. The molecule has 0 aliphatic carbocycles. The zero-order valence-electron chi connectivity index (χ0n) is 10.9. The second-order valence-corrected chi connectivity index (χ2v) is 5.12. The number of ether oxygens (including phenoxy) is 1. The molecule has 7 heteroatoms. The predicted molar refractivity (Wildman–Crippen MR) is 74.7 cm³/mol. The molecule has 0 fully saturated rings. The van der Waals surface area contributed by atoms with Gasteiger partial charge >= 0.3 is 12.1 Å². The van der Waals surface area contributed by atoms with Crippen molar-refractivity contribution in [3.05, 3.63) is 64.2 Å². The van der Waals surface area contributed by atoms with Crippen LogP contribution in [-0.2, 0) is 10.9 Å². The number of anilines is 1. The number of alkyl halides is 3. The van der Waals surface area contributed by atoms with E-state index in [0.29, 0.717) is 11.1 Å². The average molecular weight is 328 g/mol. The summed E-state index contributed by atoms with van der Waals surface area (Å²) < 4.78 is 43.0. The molecule has 0 spiro atoms. The van der Waals surface area contributed by atoms with Crippen LogP contribution in [0, 0.1) is 0 Å². The Bertz CT molecular complexity index is 746. The summed E-state index contributed by atoms with van der Waals surface area (Å²) in [4.78, 5) is 11.7. The molecule has 0 radical (unpaired) electrons. The van der Waals surface area contributed by atoms with Crippen LogP contribution in [0.25, 0.3) is 0 Å². The first-order chi connectivity index (χ1) is 10.4. The fourth-order valence-electron chi connectivity index (χ4n) is 2.20. The van der Waals surface area contributed by atoms with Crippen molar-refractivity contribution in [2.45, 2.75) is 12.4 Å². The van der Waals surface area contributed by atoms with E-state index < -0.39 is 23.9 Å². The van der Waals surface area contributed by atoms with Crippen LogP contribution in [0.5, 0.6) is 0 Å². The minimum absolute atomic E-state index is 0.102. The Morgan fingerprint density at radius 1 is 1.14 bits per heavy atom. The van der Waals surface area contributed by atoms with Gasteiger partial charge in [-0.3, -0.25) is 0 Å². The van der Waals surface area contributed by atoms with Crippen LogP contribution in [0.2, 0.25) is 5.02 Å². The van der Waals surface area contributed by atoms with Crippen LogP contribution in [0.3, 0.4) is 0 Å². The summed E-state index contributed by atoms with van der Waals surface area (Å²) in [5, 5.41) is 2.73. The molecule has 0 amide bonds. The molecule has 0 aromatic heterocycles. The largest absolute Gasteiger partial charge is 0.434 e. The first kappa shape index (κ1) is 14.7. The van der Waals surface area contributed by atoms with Crippen molar-refractivity contribution >= 4 is 23.3 Å². The molecule has 1 unspecified atom stereocenters. The van der Waals surface area contributed by atoms with Crippen LogP contribution in [0.15, 0.2) is 42.5 Å². The van der Waals surface area contributed by atoms with Crippen molar-refractivity contribution in [2.75, 3.05) is 5.32 Å². The van der Waals surface area contributed by atoms with E-state index in [9.17, 15) is 18.0 Å². The molecular formula is C15H9ClF3NO2. The maximum Gasteiger partial charge on any atom is 0.416 e. The van der Waals surface area contributed by atoms with E-state index in [4.69, 9.17) is 16.3 Å². The van der Waals surface area contributed by atoms with E-state index in [0.717, 1.165) is 12.1 Å². The van der Waals surface area contributed by atoms with Crippen molar-refractivity contribution < 1.29 is 22.7 Å². The van der Waals surface area contributed by atoms with Gasteiger partial charge in [-0.2, -0.15) is 13.2 Å². The summed E-state index contributed by atoms with van der Waals surface area (Å²) in [5.74, 6) is -0.490. The first-order valence-electron chi connectivity index (χ1n) is 6.29. The van der Waals surface area contributed by atoms with Gasteiger partial charge in [0.05, 0.1) is 21.8 Å². The number of halogens is 4. The standard InChI is InChI=1S/C15H9ClF3NO2/c16-11-7-8(15(17,18)19)5-6-12(11)20-13-9-3-1-2-4-10(9)14(21)22-13/h1-7,13,20H. The Morgan fingerprint density at radius 2 is 1.86 bits per heavy atom. The van der Waals surface area contributed by atoms with Crippen LogP contribution in [0.1, 0.15) is 27.7 Å². The normalized spacial score (nSPS) is 17.1. The lowest BCUT2D eigenvalue weighted by molar-refractivity contribution is -0.137. The van der Waals surface area contributed by atoms with Gasteiger partial charge in [0.15, 0.2) is 0 Å². The number of carbonyl (C=O) groups is 1. The van der Waals surface area contributed by atoms with Gasteiger partial charge in [-0.15, -0.1) is 0 Å². The number of fused-ring (bicyclic) bond motifs is 1. The average Bonchev–Trinajstić information content (AvgIpc) is 2.77. The minimum Gasteiger partial charge on any atom is -0.434 e. The number of rotatable bonds is 2. The maximum absolute atomic E-state index is 12.6. The Kier molecular flexibility index (Phi) is 3.48. The van der Waals surface area contributed by atoms with Gasteiger partial charge in [-0.05, 0) is 24.3 Å². The van der Waals surface area contributed by atoms with Gasteiger partial charge in [-0.25, -0.2) is 4.79 Å². The SMILES string of the molecule is O=C1OC(Nc2ccc(C(F)(F)F)cc2Cl)c2ccccc21. The highest BCUT2D eigenvalue weighted by atomic mass is 35.5. The molecule has 3 rings (SSSR count). The Morgan fingerprint density at radius 3 is 2.55 bits per heavy atom. The van der Waals surface area contributed by atoms with Gasteiger partial charge in [-0.1, -0.05) is 29.8 Å². The lowest BCUT2D eigenvalue weighted by Gasteiger charge is -2.16. The quantitative estimate of drug-likeness (QED) is 0.817. The number of benzene rings is 2. The van der Waals surface area contributed by atoms with E-state index in [1.165, 1.54) is 6.07 Å².